The second kappa shape index (κ2) is 8.16. The Kier molecular flexibility index (Phi) is 5.49. The van der Waals surface area contributed by atoms with Gasteiger partial charge in [0.25, 0.3) is 0 Å². The fourth-order valence-corrected chi connectivity index (χ4v) is 2.77. The van der Waals surface area contributed by atoms with Gasteiger partial charge in [0.05, 0.1) is 0 Å². The number of hydrogen-bond acceptors (Lipinski definition) is 5. The van der Waals surface area contributed by atoms with Crippen molar-refractivity contribution < 1.29 is 14.7 Å². The number of Topliss-reactive ketones (excluding diaryl/α,β-unsaturated/α-hetero) is 2. The Morgan fingerprint density at radius 2 is 1.27 bits per heavy atom. The van der Waals surface area contributed by atoms with Gasteiger partial charge in [0, 0.05) is 25.2 Å². The fourth-order valence-electron chi connectivity index (χ4n) is 2.77. The lowest BCUT2D eigenvalue weighted by molar-refractivity contribution is 0.0939. The predicted octanol–water partition coefficient (Wildman–Crippen LogP) is 3.81. The molecule has 26 heavy (non-hydrogen) atoms. The van der Waals surface area contributed by atoms with E-state index in [-0.39, 0.29) is 36.1 Å². The predicted molar refractivity (Wildman–Crippen MR) is 97.2 cm³/mol. The number of phenols is 1. The van der Waals surface area contributed by atoms with Gasteiger partial charge >= 0.3 is 0 Å². The van der Waals surface area contributed by atoms with Gasteiger partial charge in [-0.05, 0) is 47.9 Å². The average molecular weight is 346 g/mol. The zero-order valence-corrected chi connectivity index (χ0v) is 14.1. The van der Waals surface area contributed by atoms with Crippen molar-refractivity contribution in [3.05, 3.63) is 90.0 Å². The minimum Gasteiger partial charge on any atom is -0.508 e. The SMILES string of the molecule is O=C(CC(CC(=O)c1ccccn1)c1ccc(O)cc1)c1ccccn1. The number of phenolic OH excluding ortho intramolecular Hbond substituents is 1. The molecule has 2 aromatic heterocycles. The number of nitrogens with zero attached hydrogens (tertiary/aromatic N) is 2. The monoisotopic (exact) mass is 346 g/mol. The molecule has 5 heteroatoms. The van der Waals surface area contributed by atoms with Crippen LogP contribution in [-0.2, 0) is 0 Å². The van der Waals surface area contributed by atoms with Crippen LogP contribution in [0.3, 0.4) is 0 Å². The number of hydrogen-bond donors (Lipinski definition) is 1. The van der Waals surface area contributed by atoms with E-state index >= 15 is 0 Å². The van der Waals surface area contributed by atoms with Crippen LogP contribution in [0.2, 0.25) is 0 Å². The highest BCUT2D eigenvalue weighted by Crippen LogP contribution is 2.28. The van der Waals surface area contributed by atoms with Crippen LogP contribution in [-0.4, -0.2) is 26.6 Å². The first-order chi connectivity index (χ1) is 12.6. The highest BCUT2D eigenvalue weighted by Gasteiger charge is 2.22. The first kappa shape index (κ1) is 17.5. The van der Waals surface area contributed by atoms with Crippen molar-refractivity contribution in [3.63, 3.8) is 0 Å². The molecule has 0 aliphatic carbocycles. The molecule has 3 rings (SSSR count). The normalized spacial score (nSPS) is 10.7. The summed E-state index contributed by atoms with van der Waals surface area (Å²) in [5.41, 5.74) is 1.57. The Bertz CT molecular complexity index is 825. The molecule has 2 heterocycles. The summed E-state index contributed by atoms with van der Waals surface area (Å²) < 4.78 is 0. The van der Waals surface area contributed by atoms with Gasteiger partial charge in [-0.1, -0.05) is 24.3 Å². The van der Waals surface area contributed by atoms with Crippen molar-refractivity contribution >= 4 is 11.6 Å². The zero-order chi connectivity index (χ0) is 18.4. The summed E-state index contributed by atoms with van der Waals surface area (Å²) in [6.07, 6.45) is 3.45. The minimum atomic E-state index is -0.320. The van der Waals surface area contributed by atoms with Crippen LogP contribution < -0.4 is 0 Å². The summed E-state index contributed by atoms with van der Waals surface area (Å²) in [5.74, 6) is -0.436. The molecule has 0 saturated heterocycles. The molecule has 0 radical (unpaired) electrons. The second-order valence-electron chi connectivity index (χ2n) is 5.97. The van der Waals surface area contributed by atoms with Gasteiger partial charge in [-0.2, -0.15) is 0 Å². The number of benzene rings is 1. The largest absolute Gasteiger partial charge is 0.508 e. The van der Waals surface area contributed by atoms with Crippen LogP contribution in [0.15, 0.2) is 73.1 Å². The van der Waals surface area contributed by atoms with Crippen molar-refractivity contribution in [1.82, 2.24) is 9.97 Å². The molecule has 130 valence electrons. The van der Waals surface area contributed by atoms with Crippen LogP contribution in [0.5, 0.6) is 5.75 Å². The van der Waals surface area contributed by atoms with E-state index in [0.717, 1.165) is 5.56 Å². The summed E-state index contributed by atoms with van der Waals surface area (Å²) in [5, 5.41) is 9.50. The Hall–Kier alpha value is -3.34. The lowest BCUT2D eigenvalue weighted by Gasteiger charge is -2.16. The Morgan fingerprint density at radius 3 is 1.69 bits per heavy atom. The smallest absolute Gasteiger partial charge is 0.181 e. The molecule has 0 unspecified atom stereocenters. The van der Waals surface area contributed by atoms with E-state index in [1.165, 1.54) is 0 Å². The average Bonchev–Trinajstić information content (AvgIpc) is 2.69. The summed E-state index contributed by atoms with van der Waals surface area (Å²) >= 11 is 0. The maximum Gasteiger partial charge on any atom is 0.181 e. The summed E-state index contributed by atoms with van der Waals surface area (Å²) in [7, 11) is 0. The number of carbonyl (C=O) groups excluding carboxylic acids is 2. The maximum atomic E-state index is 12.6. The molecule has 3 aromatic rings. The van der Waals surface area contributed by atoms with E-state index < -0.39 is 0 Å². The van der Waals surface area contributed by atoms with E-state index in [1.807, 2.05) is 0 Å². The van der Waals surface area contributed by atoms with Crippen molar-refractivity contribution in [2.24, 2.45) is 0 Å². The van der Waals surface area contributed by atoms with E-state index in [9.17, 15) is 14.7 Å². The molecule has 1 aromatic carbocycles. The third kappa shape index (κ3) is 4.39. The van der Waals surface area contributed by atoms with Gasteiger partial charge in [-0.25, -0.2) is 0 Å². The molecule has 0 aliphatic rings. The van der Waals surface area contributed by atoms with E-state index in [4.69, 9.17) is 0 Å². The zero-order valence-electron chi connectivity index (χ0n) is 14.1. The van der Waals surface area contributed by atoms with E-state index in [2.05, 4.69) is 9.97 Å². The Balaban J connectivity index is 1.83. The third-order valence-corrected chi connectivity index (χ3v) is 4.13. The van der Waals surface area contributed by atoms with Gasteiger partial charge < -0.3 is 5.11 Å². The van der Waals surface area contributed by atoms with Crippen molar-refractivity contribution in [2.75, 3.05) is 0 Å². The molecule has 0 bridgehead atoms. The van der Waals surface area contributed by atoms with Crippen LogP contribution in [0.4, 0.5) is 0 Å². The van der Waals surface area contributed by atoms with Crippen LogP contribution >= 0.6 is 0 Å². The van der Waals surface area contributed by atoms with Crippen molar-refractivity contribution in [3.8, 4) is 5.75 Å². The topological polar surface area (TPSA) is 80.2 Å². The highest BCUT2D eigenvalue weighted by atomic mass is 16.3. The molecule has 0 aliphatic heterocycles. The third-order valence-electron chi connectivity index (χ3n) is 4.13. The van der Waals surface area contributed by atoms with E-state index in [0.29, 0.717) is 11.4 Å². The molecule has 1 N–H and O–H groups in total. The first-order valence-corrected chi connectivity index (χ1v) is 8.31. The second-order valence-corrected chi connectivity index (χ2v) is 5.97. The van der Waals surface area contributed by atoms with Crippen molar-refractivity contribution in [2.45, 2.75) is 18.8 Å². The van der Waals surface area contributed by atoms with Gasteiger partial charge in [0.2, 0.25) is 0 Å². The molecule has 0 fully saturated rings. The molecule has 0 atom stereocenters. The molecular formula is C21H18N2O3. The summed E-state index contributed by atoms with van der Waals surface area (Å²) in [6.45, 7) is 0. The number of ketones is 2. The fraction of sp³-hybridized carbons (Fsp3) is 0.143. The van der Waals surface area contributed by atoms with Crippen LogP contribution in [0.1, 0.15) is 45.3 Å². The molecule has 0 saturated carbocycles. The summed E-state index contributed by atoms with van der Waals surface area (Å²) in [6, 6.07) is 16.9. The van der Waals surface area contributed by atoms with Crippen LogP contribution in [0.25, 0.3) is 0 Å². The van der Waals surface area contributed by atoms with Crippen molar-refractivity contribution in [1.29, 1.82) is 0 Å². The quantitative estimate of drug-likeness (QED) is 0.658. The number of pyridine rings is 2. The number of aromatic hydroxyl groups is 1. The molecule has 0 amide bonds. The lowest BCUT2D eigenvalue weighted by Crippen LogP contribution is -2.14. The first-order valence-electron chi connectivity index (χ1n) is 8.31. The number of aromatic nitrogens is 2. The lowest BCUT2D eigenvalue weighted by atomic mass is 9.87. The summed E-state index contributed by atoms with van der Waals surface area (Å²) in [4.78, 5) is 33.3. The molecule has 0 spiro atoms. The number of rotatable bonds is 7. The number of carbonyl (C=O) groups is 2. The van der Waals surface area contributed by atoms with Gasteiger partial charge in [-0.3, -0.25) is 19.6 Å². The highest BCUT2D eigenvalue weighted by molar-refractivity contribution is 5.97. The van der Waals surface area contributed by atoms with Crippen LogP contribution in [0, 0.1) is 0 Å². The molecule has 5 nitrogen and oxygen atoms in total. The van der Waals surface area contributed by atoms with Gasteiger partial charge in [0.1, 0.15) is 17.1 Å². The van der Waals surface area contributed by atoms with E-state index in [1.54, 1.807) is 73.1 Å². The minimum absolute atomic E-state index is 0.127. The van der Waals surface area contributed by atoms with Gasteiger partial charge in [-0.15, -0.1) is 0 Å². The maximum absolute atomic E-state index is 12.6. The standard InChI is InChI=1S/C21H18N2O3/c24-17-9-7-15(8-10-17)16(13-20(25)18-5-1-3-11-22-18)14-21(26)19-6-2-4-12-23-19/h1-12,16,24H,13-14H2. The molecular weight excluding hydrogens is 328 g/mol. The van der Waals surface area contributed by atoms with Gasteiger partial charge in [0.15, 0.2) is 11.6 Å². The Labute approximate surface area is 151 Å². The Morgan fingerprint density at radius 1 is 0.769 bits per heavy atom.